The molecular weight excluding hydrogens is 428 g/mol. The minimum absolute atomic E-state index is 0.0246. The first-order valence-electron chi connectivity index (χ1n) is 11.0. The molecule has 2 aromatic carbocycles. The molecule has 5 rings (SSSR count). The largest absolute Gasteiger partial charge is 0.497 e. The lowest BCUT2D eigenvalue weighted by molar-refractivity contribution is 0.302. The second-order valence-electron chi connectivity index (χ2n) is 8.17. The first kappa shape index (κ1) is 21.2. The number of methoxy groups -OCH3 is 1. The summed E-state index contributed by atoms with van der Waals surface area (Å²) in [6, 6.07) is 28.9. The Morgan fingerprint density at radius 1 is 0.939 bits per heavy atom. The minimum Gasteiger partial charge on any atom is -0.497 e. The van der Waals surface area contributed by atoms with Crippen molar-refractivity contribution in [2.45, 2.75) is 25.6 Å². The van der Waals surface area contributed by atoms with Gasteiger partial charge in [-0.3, -0.25) is 4.98 Å². The Morgan fingerprint density at radius 2 is 1.70 bits per heavy atom. The highest BCUT2D eigenvalue weighted by atomic mass is 32.1. The van der Waals surface area contributed by atoms with Gasteiger partial charge in [0.1, 0.15) is 5.75 Å². The molecule has 0 saturated carbocycles. The average Bonchev–Trinajstić information content (AvgIpc) is 3.39. The van der Waals surface area contributed by atoms with Gasteiger partial charge in [-0.15, -0.1) is 0 Å². The van der Waals surface area contributed by atoms with Gasteiger partial charge in [-0.2, -0.15) is 0 Å². The molecule has 0 unspecified atom stereocenters. The zero-order valence-corrected chi connectivity index (χ0v) is 19.5. The summed E-state index contributed by atoms with van der Waals surface area (Å²) in [6.07, 6.45) is 1.84. The van der Waals surface area contributed by atoms with E-state index in [1.165, 1.54) is 5.56 Å². The third kappa shape index (κ3) is 4.10. The van der Waals surface area contributed by atoms with Crippen molar-refractivity contribution in [1.82, 2.24) is 19.8 Å². The smallest absolute Gasteiger partial charge is 0.170 e. The van der Waals surface area contributed by atoms with Gasteiger partial charge in [-0.25, -0.2) is 0 Å². The van der Waals surface area contributed by atoms with Crippen LogP contribution in [0.25, 0.3) is 5.69 Å². The van der Waals surface area contributed by atoms with E-state index in [-0.39, 0.29) is 12.1 Å². The quantitative estimate of drug-likeness (QED) is 0.397. The molecule has 0 aliphatic carbocycles. The Labute approximate surface area is 199 Å². The van der Waals surface area contributed by atoms with Crippen LogP contribution >= 0.6 is 12.2 Å². The molecule has 0 bridgehead atoms. The van der Waals surface area contributed by atoms with Crippen LogP contribution in [0.1, 0.15) is 34.7 Å². The predicted molar refractivity (Wildman–Crippen MR) is 134 cm³/mol. The number of ether oxygens (including phenoxy) is 1. The van der Waals surface area contributed by atoms with E-state index in [2.05, 4.69) is 81.3 Å². The van der Waals surface area contributed by atoms with Crippen LogP contribution in [0.15, 0.2) is 91.1 Å². The van der Waals surface area contributed by atoms with Crippen LogP contribution in [0.4, 0.5) is 0 Å². The van der Waals surface area contributed by atoms with Gasteiger partial charge in [0.2, 0.25) is 0 Å². The first-order chi connectivity index (χ1) is 16.2. The molecule has 33 heavy (non-hydrogen) atoms. The fraction of sp³-hybridized carbons (Fsp3) is 0.185. The zero-order valence-electron chi connectivity index (χ0n) is 18.7. The number of thiocarbonyl (C=S) groups is 1. The lowest BCUT2D eigenvalue weighted by atomic mass is 10.0. The maximum Gasteiger partial charge on any atom is 0.170 e. The van der Waals surface area contributed by atoms with Crippen molar-refractivity contribution in [2.75, 3.05) is 7.11 Å². The molecule has 1 aliphatic rings. The number of aromatic nitrogens is 2. The van der Waals surface area contributed by atoms with Crippen molar-refractivity contribution in [3.63, 3.8) is 0 Å². The van der Waals surface area contributed by atoms with E-state index in [1.54, 1.807) is 7.11 Å². The van der Waals surface area contributed by atoms with Crippen LogP contribution in [0.5, 0.6) is 5.75 Å². The maximum absolute atomic E-state index is 5.85. The number of benzene rings is 2. The number of hydrogen-bond donors (Lipinski definition) is 1. The summed E-state index contributed by atoms with van der Waals surface area (Å²) in [7, 11) is 1.69. The Balaban J connectivity index is 1.62. The Hall–Kier alpha value is -3.64. The van der Waals surface area contributed by atoms with E-state index in [0.29, 0.717) is 6.54 Å². The SMILES string of the molecule is COc1ccc(-n2c(C)ccc2[C@@H]2[C@@H](c3ccccn3)NC(=S)N2Cc2ccccc2)cc1. The van der Waals surface area contributed by atoms with E-state index < -0.39 is 0 Å². The van der Waals surface area contributed by atoms with Gasteiger partial charge < -0.3 is 19.5 Å². The van der Waals surface area contributed by atoms with Crippen LogP contribution in [0, 0.1) is 6.92 Å². The monoisotopic (exact) mass is 454 g/mol. The second kappa shape index (κ2) is 9.08. The van der Waals surface area contributed by atoms with Gasteiger partial charge in [-0.05, 0) is 73.2 Å². The highest BCUT2D eigenvalue weighted by Crippen LogP contribution is 2.41. The van der Waals surface area contributed by atoms with Gasteiger partial charge in [0.15, 0.2) is 5.11 Å². The molecule has 5 nitrogen and oxygen atoms in total. The molecule has 0 spiro atoms. The Kier molecular flexibility index (Phi) is 5.84. The lowest BCUT2D eigenvalue weighted by Gasteiger charge is -2.29. The van der Waals surface area contributed by atoms with Crippen LogP contribution < -0.4 is 10.1 Å². The molecule has 0 amide bonds. The number of pyridine rings is 1. The van der Waals surface area contributed by atoms with Crippen molar-refractivity contribution >= 4 is 17.3 Å². The molecule has 2 atom stereocenters. The van der Waals surface area contributed by atoms with Crippen molar-refractivity contribution in [2.24, 2.45) is 0 Å². The highest BCUT2D eigenvalue weighted by molar-refractivity contribution is 7.80. The van der Waals surface area contributed by atoms with E-state index in [9.17, 15) is 0 Å². The standard InChI is InChI=1S/C27H26N4OS/c1-19-11-16-24(31(19)21-12-14-22(32-2)15-13-21)26-25(23-10-6-7-17-28-23)29-27(33)30(26)18-20-8-4-3-5-9-20/h3-17,25-26H,18H2,1-2H3,(H,29,33)/t25-,26-/m1/s1. The van der Waals surface area contributed by atoms with Crippen molar-refractivity contribution in [3.05, 3.63) is 114 Å². The molecule has 166 valence electrons. The summed E-state index contributed by atoms with van der Waals surface area (Å²) >= 11 is 5.85. The highest BCUT2D eigenvalue weighted by Gasteiger charge is 2.41. The maximum atomic E-state index is 5.85. The number of rotatable bonds is 6. The van der Waals surface area contributed by atoms with E-state index in [1.807, 2.05) is 36.5 Å². The predicted octanol–water partition coefficient (Wildman–Crippen LogP) is 5.36. The molecule has 2 aromatic heterocycles. The summed E-state index contributed by atoms with van der Waals surface area (Å²) in [4.78, 5) is 6.95. The third-order valence-electron chi connectivity index (χ3n) is 6.13. The Bertz CT molecular complexity index is 1240. The number of aryl methyl sites for hydroxylation is 1. The normalized spacial score (nSPS) is 17.8. The fourth-order valence-electron chi connectivity index (χ4n) is 4.55. The summed E-state index contributed by atoms with van der Waals surface area (Å²) in [5.41, 5.74) is 5.60. The molecule has 6 heteroatoms. The van der Waals surface area contributed by atoms with Crippen molar-refractivity contribution < 1.29 is 4.74 Å². The topological polar surface area (TPSA) is 42.3 Å². The van der Waals surface area contributed by atoms with Gasteiger partial charge >= 0.3 is 0 Å². The summed E-state index contributed by atoms with van der Waals surface area (Å²) in [6.45, 7) is 2.85. The number of nitrogens with zero attached hydrogens (tertiary/aromatic N) is 3. The molecule has 1 fully saturated rings. The third-order valence-corrected chi connectivity index (χ3v) is 6.49. The second-order valence-corrected chi connectivity index (χ2v) is 8.56. The van der Waals surface area contributed by atoms with Gasteiger partial charge in [-0.1, -0.05) is 36.4 Å². The van der Waals surface area contributed by atoms with Crippen LogP contribution in [0.3, 0.4) is 0 Å². The van der Waals surface area contributed by atoms with E-state index >= 15 is 0 Å². The summed E-state index contributed by atoms with van der Waals surface area (Å²) in [5, 5.41) is 4.29. The van der Waals surface area contributed by atoms with Gasteiger partial charge in [0.25, 0.3) is 0 Å². The molecular formula is C27H26N4OS. The molecule has 1 saturated heterocycles. The van der Waals surface area contributed by atoms with Crippen molar-refractivity contribution in [3.8, 4) is 11.4 Å². The van der Waals surface area contributed by atoms with Crippen molar-refractivity contribution in [1.29, 1.82) is 0 Å². The minimum atomic E-state index is -0.0614. The molecule has 1 N–H and O–H groups in total. The Morgan fingerprint density at radius 3 is 2.39 bits per heavy atom. The molecule has 3 heterocycles. The van der Waals surface area contributed by atoms with Crippen LogP contribution in [-0.2, 0) is 6.54 Å². The summed E-state index contributed by atoms with van der Waals surface area (Å²) < 4.78 is 7.67. The van der Waals surface area contributed by atoms with Gasteiger partial charge in [0, 0.05) is 29.8 Å². The number of nitrogens with one attached hydrogen (secondary N) is 1. The molecule has 0 radical (unpaired) electrons. The lowest BCUT2D eigenvalue weighted by Crippen LogP contribution is -2.30. The fourth-order valence-corrected chi connectivity index (χ4v) is 4.86. The van der Waals surface area contributed by atoms with E-state index in [4.69, 9.17) is 17.0 Å². The average molecular weight is 455 g/mol. The molecule has 4 aromatic rings. The molecule has 1 aliphatic heterocycles. The van der Waals surface area contributed by atoms with Gasteiger partial charge in [0.05, 0.1) is 24.9 Å². The van der Waals surface area contributed by atoms with Crippen LogP contribution in [-0.4, -0.2) is 26.7 Å². The number of hydrogen-bond acceptors (Lipinski definition) is 3. The van der Waals surface area contributed by atoms with E-state index in [0.717, 1.165) is 33.6 Å². The van der Waals surface area contributed by atoms with Crippen LogP contribution in [0.2, 0.25) is 0 Å². The zero-order chi connectivity index (χ0) is 22.8. The summed E-state index contributed by atoms with van der Waals surface area (Å²) in [5.74, 6) is 0.839. The first-order valence-corrected chi connectivity index (χ1v) is 11.4.